The summed E-state index contributed by atoms with van der Waals surface area (Å²) in [5.41, 5.74) is 0.604. The molecular formula is C31H34NO10+. The second-order valence-corrected chi connectivity index (χ2v) is 10.4. The van der Waals surface area contributed by atoms with Gasteiger partial charge in [-0.25, -0.2) is 4.79 Å². The van der Waals surface area contributed by atoms with Crippen LogP contribution in [0.5, 0.6) is 11.5 Å². The second-order valence-electron chi connectivity index (χ2n) is 10.4. The van der Waals surface area contributed by atoms with Crippen molar-refractivity contribution in [3.8, 4) is 11.5 Å². The maximum atomic E-state index is 13.0. The number of nitrogens with zero attached hydrogens (tertiary/aromatic N) is 1. The van der Waals surface area contributed by atoms with Crippen LogP contribution in [-0.2, 0) is 20.7 Å². The highest BCUT2D eigenvalue weighted by Crippen LogP contribution is 2.32. The van der Waals surface area contributed by atoms with Gasteiger partial charge in [-0.15, -0.1) is 0 Å². The molecule has 1 unspecified atom stereocenters. The fourth-order valence-corrected chi connectivity index (χ4v) is 4.28. The molecule has 0 N–H and O–H groups in total. The van der Waals surface area contributed by atoms with Crippen LogP contribution >= 0.6 is 0 Å². The van der Waals surface area contributed by atoms with Crippen molar-refractivity contribution >= 4 is 39.6 Å². The smallest absolute Gasteiger partial charge is 0.374 e. The van der Waals surface area contributed by atoms with Gasteiger partial charge in [0.15, 0.2) is 17.0 Å². The van der Waals surface area contributed by atoms with Crippen molar-refractivity contribution in [2.75, 3.05) is 41.0 Å². The molecule has 2 aromatic carbocycles. The van der Waals surface area contributed by atoms with E-state index in [0.717, 1.165) is 11.8 Å². The highest BCUT2D eigenvalue weighted by Gasteiger charge is 2.23. The standard InChI is InChI=1S/C31H34NO10/c1-7-20-14-22(34)30-26(12-19(32(4,5)6)13-27(30)41-20)39-17-21(40-18(3)33)16-38-24-10-9-11-25-29(24)23(35)15-28(42-25)31(36)37-8-2/h9-15,21H,7-8,16-17H2,1-6H3/q+1. The van der Waals surface area contributed by atoms with Gasteiger partial charge in [0.25, 0.3) is 0 Å². The van der Waals surface area contributed by atoms with Crippen molar-refractivity contribution in [2.24, 2.45) is 0 Å². The van der Waals surface area contributed by atoms with Crippen LogP contribution in [0.3, 0.4) is 0 Å². The molecule has 11 nitrogen and oxygen atoms in total. The Bertz CT molecular complexity index is 1750. The Labute approximate surface area is 241 Å². The first-order valence-electron chi connectivity index (χ1n) is 13.5. The number of fused-ring (bicyclic) bond motifs is 2. The summed E-state index contributed by atoms with van der Waals surface area (Å²) in [6, 6.07) is 10.7. The van der Waals surface area contributed by atoms with E-state index in [0.29, 0.717) is 22.2 Å². The van der Waals surface area contributed by atoms with Gasteiger partial charge in [-0.2, -0.15) is 0 Å². The van der Waals surface area contributed by atoms with Gasteiger partial charge < -0.3 is 27.8 Å². The van der Waals surface area contributed by atoms with E-state index in [-0.39, 0.29) is 58.9 Å². The minimum absolute atomic E-state index is 0.110. The molecule has 4 aromatic rings. The molecule has 0 saturated heterocycles. The Hall–Kier alpha value is -4.64. The van der Waals surface area contributed by atoms with Crippen LogP contribution in [0.4, 0.5) is 5.69 Å². The predicted molar refractivity (Wildman–Crippen MR) is 156 cm³/mol. The van der Waals surface area contributed by atoms with Crippen molar-refractivity contribution in [3.63, 3.8) is 0 Å². The third-order valence-electron chi connectivity index (χ3n) is 6.33. The second kappa shape index (κ2) is 12.5. The molecule has 4 rings (SSSR count). The fraction of sp³-hybridized carbons (Fsp3) is 0.355. The molecule has 1 atom stereocenters. The highest BCUT2D eigenvalue weighted by atomic mass is 16.6. The Morgan fingerprint density at radius 1 is 0.857 bits per heavy atom. The van der Waals surface area contributed by atoms with Crippen LogP contribution in [0.2, 0.25) is 0 Å². The molecule has 0 fully saturated rings. The molecule has 11 heteroatoms. The molecule has 0 aliphatic carbocycles. The largest absolute Gasteiger partial charge is 0.489 e. The predicted octanol–water partition coefficient (Wildman–Crippen LogP) is 4.22. The number of hydrogen-bond donors (Lipinski definition) is 0. The number of carbonyl (C=O) groups excluding carboxylic acids is 2. The number of hydrogen-bond acceptors (Lipinski definition) is 10. The first-order valence-corrected chi connectivity index (χ1v) is 13.5. The highest BCUT2D eigenvalue weighted by molar-refractivity contribution is 5.90. The molecule has 42 heavy (non-hydrogen) atoms. The third kappa shape index (κ3) is 6.80. The van der Waals surface area contributed by atoms with E-state index in [2.05, 4.69) is 0 Å². The van der Waals surface area contributed by atoms with E-state index in [4.69, 9.17) is 27.8 Å². The van der Waals surface area contributed by atoms with Gasteiger partial charge in [0, 0.05) is 37.6 Å². The van der Waals surface area contributed by atoms with Gasteiger partial charge in [-0.05, 0) is 19.1 Å². The summed E-state index contributed by atoms with van der Waals surface area (Å²) in [5, 5.41) is 0.384. The number of quaternary nitrogens is 1. The van der Waals surface area contributed by atoms with E-state index in [9.17, 15) is 19.2 Å². The van der Waals surface area contributed by atoms with Crippen LogP contribution in [-0.4, -0.2) is 59.0 Å². The van der Waals surface area contributed by atoms with Crippen LogP contribution in [0.25, 0.3) is 21.9 Å². The van der Waals surface area contributed by atoms with Gasteiger partial charge in [-0.3, -0.25) is 18.9 Å². The van der Waals surface area contributed by atoms with E-state index in [1.807, 2.05) is 34.1 Å². The van der Waals surface area contributed by atoms with Gasteiger partial charge >= 0.3 is 11.9 Å². The Balaban J connectivity index is 1.62. The lowest BCUT2D eigenvalue weighted by Gasteiger charge is -2.25. The summed E-state index contributed by atoms with van der Waals surface area (Å²) in [5.74, 6) is -0.549. The van der Waals surface area contributed by atoms with E-state index in [1.165, 1.54) is 19.1 Å². The lowest BCUT2D eigenvalue weighted by atomic mass is 10.1. The number of esters is 2. The first-order chi connectivity index (χ1) is 19.9. The Morgan fingerprint density at radius 2 is 1.52 bits per heavy atom. The molecule has 0 bridgehead atoms. The zero-order chi connectivity index (χ0) is 30.6. The maximum absolute atomic E-state index is 13.0. The maximum Gasteiger partial charge on any atom is 0.374 e. The molecule has 2 heterocycles. The van der Waals surface area contributed by atoms with Crippen LogP contribution in [0.1, 0.15) is 37.1 Å². The third-order valence-corrected chi connectivity index (χ3v) is 6.33. The molecule has 0 aliphatic rings. The van der Waals surface area contributed by atoms with Crippen LogP contribution in [0, 0.1) is 0 Å². The summed E-state index contributed by atoms with van der Waals surface area (Å²) in [4.78, 5) is 49.9. The monoisotopic (exact) mass is 580 g/mol. The normalized spacial score (nSPS) is 12.2. The van der Waals surface area contributed by atoms with Gasteiger partial charge in [0.1, 0.15) is 58.1 Å². The SMILES string of the molecule is CCOC(=O)c1cc(=O)c2c(OCC(COc3cc([N+](C)(C)C)cc4oc(CC)cc(=O)c34)OC(C)=O)cccc2o1. The molecule has 0 radical (unpaired) electrons. The zero-order valence-corrected chi connectivity index (χ0v) is 24.5. The quantitative estimate of drug-likeness (QED) is 0.188. The van der Waals surface area contributed by atoms with Crippen molar-refractivity contribution in [3.05, 3.63) is 74.4 Å². The van der Waals surface area contributed by atoms with Crippen molar-refractivity contribution in [2.45, 2.75) is 33.3 Å². The van der Waals surface area contributed by atoms with Crippen molar-refractivity contribution < 1.29 is 37.4 Å². The van der Waals surface area contributed by atoms with E-state index in [1.54, 1.807) is 25.1 Å². The summed E-state index contributed by atoms with van der Waals surface area (Å²) in [7, 11) is 5.91. The van der Waals surface area contributed by atoms with Crippen LogP contribution in [0.15, 0.2) is 60.9 Å². The van der Waals surface area contributed by atoms with Crippen LogP contribution < -0.4 is 24.8 Å². The summed E-state index contributed by atoms with van der Waals surface area (Å²) in [6.07, 6.45) is -0.355. The van der Waals surface area contributed by atoms with Gasteiger partial charge in [0.05, 0.1) is 27.7 Å². The molecule has 0 aliphatic heterocycles. The Morgan fingerprint density at radius 3 is 2.17 bits per heavy atom. The molecular weight excluding hydrogens is 546 g/mol. The lowest BCUT2D eigenvalue weighted by Crippen LogP contribution is -2.35. The number of carbonyl (C=O) groups is 2. The molecule has 0 saturated carbocycles. The van der Waals surface area contributed by atoms with E-state index < -0.39 is 23.5 Å². The average molecular weight is 581 g/mol. The molecule has 2 aromatic heterocycles. The molecule has 222 valence electrons. The fourth-order valence-electron chi connectivity index (χ4n) is 4.28. The number of rotatable bonds is 11. The molecule has 0 spiro atoms. The zero-order valence-electron chi connectivity index (χ0n) is 24.5. The van der Waals surface area contributed by atoms with Gasteiger partial charge in [-0.1, -0.05) is 13.0 Å². The Kier molecular flexibility index (Phi) is 9.01. The van der Waals surface area contributed by atoms with E-state index >= 15 is 0 Å². The molecule has 0 amide bonds. The number of aryl methyl sites for hydroxylation is 1. The minimum atomic E-state index is -0.909. The average Bonchev–Trinajstić information content (AvgIpc) is 2.93. The summed E-state index contributed by atoms with van der Waals surface area (Å²) < 4.78 is 34.3. The minimum Gasteiger partial charge on any atom is -0.489 e. The topological polar surface area (TPSA) is 131 Å². The first kappa shape index (κ1) is 30.3. The van der Waals surface area contributed by atoms with Crippen molar-refractivity contribution in [1.82, 2.24) is 4.48 Å². The summed E-state index contributed by atoms with van der Waals surface area (Å²) >= 11 is 0. The van der Waals surface area contributed by atoms with Gasteiger partial charge in [0.2, 0.25) is 5.76 Å². The lowest BCUT2D eigenvalue weighted by molar-refractivity contribution is -0.149. The van der Waals surface area contributed by atoms with Crippen molar-refractivity contribution in [1.29, 1.82) is 0 Å². The number of ether oxygens (including phenoxy) is 4. The number of benzene rings is 2. The summed E-state index contributed by atoms with van der Waals surface area (Å²) in [6.45, 7) is 4.59.